The van der Waals surface area contributed by atoms with E-state index >= 15 is 0 Å². The van der Waals surface area contributed by atoms with Crippen LogP contribution in [0.15, 0.2) is 0 Å². The Balaban J connectivity index is 2.00. The average molecular weight is 157 g/mol. The Morgan fingerprint density at radius 2 is 2.36 bits per heavy atom. The van der Waals surface area contributed by atoms with E-state index in [-0.39, 0.29) is 18.2 Å². The zero-order chi connectivity index (χ0) is 7.68. The first-order chi connectivity index (χ1) is 5.36. The van der Waals surface area contributed by atoms with E-state index in [1.165, 1.54) is 0 Å². The SMILES string of the molecule is O=C1CCC2NCNC2ON1. The number of hydrogen-bond acceptors (Lipinski definition) is 4. The van der Waals surface area contributed by atoms with Gasteiger partial charge < -0.3 is 0 Å². The van der Waals surface area contributed by atoms with Crippen LogP contribution in [0.2, 0.25) is 0 Å². The van der Waals surface area contributed by atoms with Crippen molar-refractivity contribution >= 4 is 5.91 Å². The van der Waals surface area contributed by atoms with Gasteiger partial charge in [-0.05, 0) is 6.42 Å². The third kappa shape index (κ3) is 1.35. The van der Waals surface area contributed by atoms with Crippen molar-refractivity contribution in [3.63, 3.8) is 0 Å². The van der Waals surface area contributed by atoms with Gasteiger partial charge in [0, 0.05) is 13.1 Å². The second-order valence-electron chi connectivity index (χ2n) is 2.79. The first-order valence-electron chi connectivity index (χ1n) is 3.77. The predicted octanol–water partition coefficient (Wildman–Crippen LogP) is -1.33. The molecule has 1 amide bonds. The average Bonchev–Trinajstić information content (AvgIpc) is 2.38. The van der Waals surface area contributed by atoms with Gasteiger partial charge in [0.05, 0.1) is 6.04 Å². The largest absolute Gasteiger partial charge is 0.298 e. The highest BCUT2D eigenvalue weighted by Gasteiger charge is 2.30. The number of hydrogen-bond donors (Lipinski definition) is 3. The van der Waals surface area contributed by atoms with Crippen LogP contribution in [0, 0.1) is 0 Å². The van der Waals surface area contributed by atoms with Crippen LogP contribution in [0.1, 0.15) is 12.8 Å². The van der Waals surface area contributed by atoms with E-state index in [2.05, 4.69) is 16.1 Å². The first kappa shape index (κ1) is 7.02. The lowest BCUT2D eigenvalue weighted by Crippen LogP contribution is -2.37. The maximum absolute atomic E-state index is 10.8. The fourth-order valence-electron chi connectivity index (χ4n) is 1.38. The molecule has 2 atom stereocenters. The molecule has 2 unspecified atom stereocenters. The predicted molar refractivity (Wildman–Crippen MR) is 37.2 cm³/mol. The van der Waals surface area contributed by atoms with E-state index in [1.807, 2.05) is 0 Å². The van der Waals surface area contributed by atoms with Crippen LogP contribution in [0.5, 0.6) is 0 Å². The second-order valence-corrected chi connectivity index (χ2v) is 2.79. The number of carbonyl (C=O) groups excluding carboxylic acids is 1. The van der Waals surface area contributed by atoms with Crippen LogP contribution in [-0.4, -0.2) is 24.8 Å². The van der Waals surface area contributed by atoms with E-state index < -0.39 is 0 Å². The molecule has 0 radical (unpaired) electrons. The summed E-state index contributed by atoms with van der Waals surface area (Å²) in [6.45, 7) is 0.755. The number of carbonyl (C=O) groups is 1. The van der Waals surface area contributed by atoms with Crippen molar-refractivity contribution in [3.8, 4) is 0 Å². The van der Waals surface area contributed by atoms with Gasteiger partial charge in [-0.3, -0.25) is 20.3 Å². The van der Waals surface area contributed by atoms with E-state index in [4.69, 9.17) is 4.84 Å². The maximum atomic E-state index is 10.8. The van der Waals surface area contributed by atoms with Gasteiger partial charge in [0.2, 0.25) is 5.91 Å². The lowest BCUT2D eigenvalue weighted by Gasteiger charge is -2.13. The Morgan fingerprint density at radius 3 is 3.27 bits per heavy atom. The Morgan fingerprint density at radius 1 is 1.45 bits per heavy atom. The molecule has 5 nitrogen and oxygen atoms in total. The fraction of sp³-hybridized carbons (Fsp3) is 0.833. The smallest absolute Gasteiger partial charge is 0.243 e. The highest BCUT2D eigenvalue weighted by atomic mass is 16.7. The molecular formula is C6H11N3O2. The van der Waals surface area contributed by atoms with Gasteiger partial charge in [0.25, 0.3) is 0 Å². The molecule has 0 bridgehead atoms. The lowest BCUT2D eigenvalue weighted by molar-refractivity contribution is -0.136. The molecule has 0 saturated carbocycles. The molecule has 0 aromatic heterocycles. The van der Waals surface area contributed by atoms with Crippen LogP contribution in [0.3, 0.4) is 0 Å². The van der Waals surface area contributed by atoms with Crippen molar-refractivity contribution in [3.05, 3.63) is 0 Å². The van der Waals surface area contributed by atoms with E-state index in [9.17, 15) is 4.79 Å². The topological polar surface area (TPSA) is 62.4 Å². The van der Waals surface area contributed by atoms with E-state index in [0.717, 1.165) is 13.1 Å². The summed E-state index contributed by atoms with van der Waals surface area (Å²) in [4.78, 5) is 15.9. The van der Waals surface area contributed by atoms with Gasteiger partial charge >= 0.3 is 0 Å². The summed E-state index contributed by atoms with van der Waals surface area (Å²) in [5, 5.41) is 6.26. The second kappa shape index (κ2) is 2.77. The molecule has 0 aromatic rings. The summed E-state index contributed by atoms with van der Waals surface area (Å²) in [5.74, 6) is -0.0389. The van der Waals surface area contributed by atoms with E-state index in [0.29, 0.717) is 6.42 Å². The number of hydroxylamine groups is 1. The van der Waals surface area contributed by atoms with Crippen LogP contribution >= 0.6 is 0 Å². The maximum Gasteiger partial charge on any atom is 0.243 e. The van der Waals surface area contributed by atoms with Gasteiger partial charge in [-0.15, -0.1) is 0 Å². The van der Waals surface area contributed by atoms with Gasteiger partial charge in [-0.2, -0.15) is 0 Å². The molecule has 0 spiro atoms. The molecule has 0 aromatic carbocycles. The third-order valence-corrected chi connectivity index (χ3v) is 2.02. The summed E-state index contributed by atoms with van der Waals surface area (Å²) in [6, 6.07) is 0.272. The Labute approximate surface area is 64.4 Å². The fourth-order valence-corrected chi connectivity index (χ4v) is 1.38. The molecule has 3 N–H and O–H groups in total. The minimum atomic E-state index is -0.0542. The number of amides is 1. The highest BCUT2D eigenvalue weighted by molar-refractivity contribution is 5.75. The van der Waals surface area contributed by atoms with E-state index in [1.54, 1.807) is 0 Å². The normalized spacial score (nSPS) is 37.6. The molecular weight excluding hydrogens is 146 g/mol. The Kier molecular flexibility index (Phi) is 1.77. The summed E-state index contributed by atoms with van der Waals surface area (Å²) in [5.41, 5.74) is 2.37. The minimum absolute atomic E-state index is 0.0389. The monoisotopic (exact) mass is 157 g/mol. The molecule has 5 heteroatoms. The molecule has 2 aliphatic heterocycles. The number of fused-ring (bicyclic) bond motifs is 1. The van der Waals surface area contributed by atoms with Crippen molar-refractivity contribution in [2.24, 2.45) is 0 Å². The molecule has 0 aliphatic carbocycles. The van der Waals surface area contributed by atoms with Crippen molar-refractivity contribution in [2.45, 2.75) is 25.1 Å². The molecule has 2 heterocycles. The summed E-state index contributed by atoms with van der Waals surface area (Å²) in [6.07, 6.45) is 1.32. The van der Waals surface area contributed by atoms with Crippen LogP contribution in [0.4, 0.5) is 0 Å². The van der Waals surface area contributed by atoms with Crippen molar-refractivity contribution in [2.75, 3.05) is 6.67 Å². The van der Waals surface area contributed by atoms with Gasteiger partial charge in [0.15, 0.2) is 6.23 Å². The Hall–Kier alpha value is -0.650. The van der Waals surface area contributed by atoms with Crippen LogP contribution in [-0.2, 0) is 9.63 Å². The van der Waals surface area contributed by atoms with Gasteiger partial charge in [-0.25, -0.2) is 5.48 Å². The highest BCUT2D eigenvalue weighted by Crippen LogP contribution is 2.10. The minimum Gasteiger partial charge on any atom is -0.298 e. The van der Waals surface area contributed by atoms with Crippen molar-refractivity contribution in [1.82, 2.24) is 16.1 Å². The van der Waals surface area contributed by atoms with Crippen LogP contribution < -0.4 is 16.1 Å². The summed E-state index contributed by atoms with van der Waals surface area (Å²) in [7, 11) is 0. The quantitative estimate of drug-likeness (QED) is 0.408. The van der Waals surface area contributed by atoms with Crippen molar-refractivity contribution in [1.29, 1.82) is 0 Å². The Bertz CT molecular complexity index is 157. The number of nitrogens with one attached hydrogen (secondary N) is 3. The molecule has 11 heavy (non-hydrogen) atoms. The molecule has 2 rings (SSSR count). The molecule has 2 aliphatic rings. The first-order valence-corrected chi connectivity index (χ1v) is 3.77. The zero-order valence-electron chi connectivity index (χ0n) is 6.09. The lowest BCUT2D eigenvalue weighted by atomic mass is 10.1. The molecule has 62 valence electrons. The molecule has 2 fully saturated rings. The molecule has 2 saturated heterocycles. The van der Waals surface area contributed by atoms with Gasteiger partial charge in [-0.1, -0.05) is 0 Å². The third-order valence-electron chi connectivity index (χ3n) is 2.02. The summed E-state index contributed by atoms with van der Waals surface area (Å²) >= 11 is 0. The van der Waals surface area contributed by atoms with Crippen molar-refractivity contribution < 1.29 is 9.63 Å². The van der Waals surface area contributed by atoms with Gasteiger partial charge in [0.1, 0.15) is 0 Å². The van der Waals surface area contributed by atoms with Crippen LogP contribution in [0.25, 0.3) is 0 Å². The number of rotatable bonds is 0. The summed E-state index contributed by atoms with van der Waals surface area (Å²) < 4.78 is 0. The zero-order valence-corrected chi connectivity index (χ0v) is 6.09. The standard InChI is InChI=1S/C6H11N3O2/c10-5-2-1-4-6(11-9-5)8-3-7-4/h4,6-8H,1-3H2,(H,9,10).